The van der Waals surface area contributed by atoms with Gasteiger partial charge in [-0.3, -0.25) is 4.98 Å². The van der Waals surface area contributed by atoms with E-state index >= 15 is 0 Å². The Morgan fingerprint density at radius 1 is 1.10 bits per heavy atom. The van der Waals surface area contributed by atoms with Gasteiger partial charge in [0.15, 0.2) is 0 Å². The summed E-state index contributed by atoms with van der Waals surface area (Å²) in [7, 11) is 0. The first-order chi connectivity index (χ1) is 10.4. The van der Waals surface area contributed by atoms with Crippen molar-refractivity contribution in [3.8, 4) is 0 Å². The zero-order chi connectivity index (χ0) is 14.2. The van der Waals surface area contributed by atoms with Crippen molar-refractivity contribution in [3.63, 3.8) is 0 Å². The van der Waals surface area contributed by atoms with Gasteiger partial charge in [-0.15, -0.1) is 0 Å². The SMILES string of the molecule is CCCCCCc1ncc2c3ccccc3n3c2c1CC3. The second kappa shape index (κ2) is 5.18. The molecule has 0 saturated carbocycles. The molecular weight excluding hydrogens is 256 g/mol. The molecule has 0 fully saturated rings. The average molecular weight is 278 g/mol. The third-order valence-electron chi connectivity index (χ3n) is 4.85. The summed E-state index contributed by atoms with van der Waals surface area (Å²) in [6, 6.07) is 8.74. The summed E-state index contributed by atoms with van der Waals surface area (Å²) < 4.78 is 2.50. The Bertz CT molecular complexity index is 798. The molecule has 2 heteroatoms. The Morgan fingerprint density at radius 3 is 2.90 bits per heavy atom. The maximum absolute atomic E-state index is 4.82. The van der Waals surface area contributed by atoms with Crippen molar-refractivity contribution in [1.82, 2.24) is 9.55 Å². The van der Waals surface area contributed by atoms with Gasteiger partial charge < -0.3 is 4.57 Å². The van der Waals surface area contributed by atoms with Crippen molar-refractivity contribution in [3.05, 3.63) is 41.7 Å². The van der Waals surface area contributed by atoms with Gasteiger partial charge in [-0.1, -0.05) is 44.4 Å². The number of hydrogen-bond donors (Lipinski definition) is 0. The number of rotatable bonds is 5. The van der Waals surface area contributed by atoms with Crippen LogP contribution in [0, 0.1) is 0 Å². The summed E-state index contributed by atoms with van der Waals surface area (Å²) >= 11 is 0. The monoisotopic (exact) mass is 278 g/mol. The normalized spacial score (nSPS) is 13.6. The van der Waals surface area contributed by atoms with E-state index in [4.69, 9.17) is 4.98 Å². The fourth-order valence-electron chi connectivity index (χ4n) is 3.80. The van der Waals surface area contributed by atoms with Crippen LogP contribution >= 0.6 is 0 Å². The predicted molar refractivity (Wildman–Crippen MR) is 88.8 cm³/mol. The fraction of sp³-hybridized carbons (Fsp3) is 0.421. The summed E-state index contributed by atoms with van der Waals surface area (Å²) in [6.07, 6.45) is 9.67. The first-order valence-corrected chi connectivity index (χ1v) is 8.28. The number of nitrogens with zero attached hydrogens (tertiary/aromatic N) is 2. The minimum Gasteiger partial charge on any atom is -0.340 e. The van der Waals surface area contributed by atoms with Crippen molar-refractivity contribution in [1.29, 1.82) is 0 Å². The molecule has 1 aliphatic rings. The van der Waals surface area contributed by atoms with Crippen LogP contribution in [0.3, 0.4) is 0 Å². The first-order valence-electron chi connectivity index (χ1n) is 8.28. The van der Waals surface area contributed by atoms with Gasteiger partial charge in [0, 0.05) is 34.7 Å². The van der Waals surface area contributed by atoms with Gasteiger partial charge in [-0.2, -0.15) is 0 Å². The molecule has 108 valence electrons. The first kappa shape index (κ1) is 12.9. The zero-order valence-electron chi connectivity index (χ0n) is 12.7. The molecule has 0 radical (unpaired) electrons. The third kappa shape index (κ3) is 1.97. The highest BCUT2D eigenvalue weighted by atomic mass is 15.0. The van der Waals surface area contributed by atoms with Gasteiger partial charge in [-0.05, 0) is 30.9 Å². The lowest BCUT2D eigenvalue weighted by atomic mass is 10.0. The number of benzene rings is 1. The quantitative estimate of drug-likeness (QED) is 0.609. The van der Waals surface area contributed by atoms with Crippen molar-refractivity contribution in [2.24, 2.45) is 0 Å². The lowest BCUT2D eigenvalue weighted by Crippen LogP contribution is -1.97. The van der Waals surface area contributed by atoms with E-state index in [9.17, 15) is 0 Å². The van der Waals surface area contributed by atoms with E-state index in [1.54, 1.807) is 0 Å². The molecule has 2 nitrogen and oxygen atoms in total. The molecule has 0 amide bonds. The van der Waals surface area contributed by atoms with E-state index in [-0.39, 0.29) is 0 Å². The standard InChI is InChI=1S/C19H22N2/c1-2-3-4-5-9-17-15-11-12-21-18-10-7-6-8-14(18)16(13-20-17)19(15)21/h6-8,10,13H,2-5,9,11-12H2,1H3. The smallest absolute Gasteiger partial charge is 0.0558 e. The number of pyridine rings is 1. The van der Waals surface area contributed by atoms with E-state index < -0.39 is 0 Å². The molecule has 0 spiro atoms. The zero-order valence-corrected chi connectivity index (χ0v) is 12.7. The summed E-state index contributed by atoms with van der Waals surface area (Å²) in [6.45, 7) is 3.38. The highest BCUT2D eigenvalue weighted by Crippen LogP contribution is 2.36. The third-order valence-corrected chi connectivity index (χ3v) is 4.85. The van der Waals surface area contributed by atoms with Crippen LogP contribution in [0.25, 0.3) is 21.8 Å². The van der Waals surface area contributed by atoms with E-state index in [2.05, 4.69) is 42.0 Å². The number of para-hydroxylation sites is 1. The van der Waals surface area contributed by atoms with Crippen LogP contribution in [0.2, 0.25) is 0 Å². The Balaban J connectivity index is 1.78. The predicted octanol–water partition coefficient (Wildman–Crippen LogP) is 4.87. The van der Waals surface area contributed by atoms with E-state index in [1.807, 2.05) is 0 Å². The number of aryl methyl sites for hydroxylation is 3. The van der Waals surface area contributed by atoms with Crippen molar-refractivity contribution in [2.45, 2.75) is 52.0 Å². The summed E-state index contributed by atoms with van der Waals surface area (Å²) in [5.74, 6) is 0. The van der Waals surface area contributed by atoms with Crippen LogP contribution in [0.1, 0.15) is 43.9 Å². The van der Waals surface area contributed by atoms with E-state index in [0.29, 0.717) is 0 Å². The van der Waals surface area contributed by atoms with Crippen LogP contribution in [0.15, 0.2) is 30.5 Å². The molecule has 3 heterocycles. The summed E-state index contributed by atoms with van der Waals surface area (Å²) in [5, 5.41) is 2.70. The molecule has 21 heavy (non-hydrogen) atoms. The Labute approximate surface area is 125 Å². The molecular formula is C19H22N2. The van der Waals surface area contributed by atoms with Gasteiger partial charge in [0.2, 0.25) is 0 Å². The topological polar surface area (TPSA) is 17.8 Å². The molecule has 1 aliphatic heterocycles. The Morgan fingerprint density at radius 2 is 2.00 bits per heavy atom. The van der Waals surface area contributed by atoms with Gasteiger partial charge in [-0.25, -0.2) is 0 Å². The van der Waals surface area contributed by atoms with Crippen molar-refractivity contribution in [2.75, 3.05) is 0 Å². The molecule has 0 aliphatic carbocycles. The molecule has 0 saturated heterocycles. The summed E-state index contributed by atoms with van der Waals surface area (Å²) in [5.41, 5.74) is 5.69. The Kier molecular flexibility index (Phi) is 3.17. The molecule has 0 unspecified atom stereocenters. The summed E-state index contributed by atoms with van der Waals surface area (Å²) in [4.78, 5) is 4.82. The van der Waals surface area contributed by atoms with Crippen LogP contribution in [-0.2, 0) is 19.4 Å². The Hall–Kier alpha value is -1.83. The van der Waals surface area contributed by atoms with Crippen molar-refractivity contribution < 1.29 is 0 Å². The second-order valence-electron chi connectivity index (χ2n) is 6.18. The minimum absolute atomic E-state index is 1.12. The number of hydrogen-bond acceptors (Lipinski definition) is 1. The van der Waals surface area contributed by atoms with Gasteiger partial charge >= 0.3 is 0 Å². The second-order valence-corrected chi connectivity index (χ2v) is 6.18. The van der Waals surface area contributed by atoms with Gasteiger partial charge in [0.05, 0.1) is 5.52 Å². The molecule has 3 aromatic rings. The molecule has 0 N–H and O–H groups in total. The maximum Gasteiger partial charge on any atom is 0.0558 e. The van der Waals surface area contributed by atoms with Crippen LogP contribution in [-0.4, -0.2) is 9.55 Å². The maximum atomic E-state index is 4.82. The molecule has 2 aromatic heterocycles. The van der Waals surface area contributed by atoms with Crippen LogP contribution in [0.4, 0.5) is 0 Å². The molecule has 0 bridgehead atoms. The van der Waals surface area contributed by atoms with E-state index in [1.165, 1.54) is 58.7 Å². The molecule has 1 aromatic carbocycles. The average Bonchev–Trinajstić information content (AvgIpc) is 3.09. The number of unbranched alkanes of at least 4 members (excludes halogenated alkanes) is 3. The molecule has 4 rings (SSSR count). The highest BCUT2D eigenvalue weighted by molar-refractivity contribution is 6.09. The number of fused-ring (bicyclic) bond motifs is 3. The fourth-order valence-corrected chi connectivity index (χ4v) is 3.80. The largest absolute Gasteiger partial charge is 0.340 e. The van der Waals surface area contributed by atoms with Crippen molar-refractivity contribution >= 4 is 21.8 Å². The highest BCUT2D eigenvalue weighted by Gasteiger charge is 2.22. The minimum atomic E-state index is 1.12. The lowest BCUT2D eigenvalue weighted by Gasteiger charge is -2.06. The van der Waals surface area contributed by atoms with E-state index in [0.717, 1.165) is 19.4 Å². The van der Waals surface area contributed by atoms with Crippen LogP contribution in [0.5, 0.6) is 0 Å². The van der Waals surface area contributed by atoms with Crippen LogP contribution < -0.4 is 0 Å². The molecule has 0 atom stereocenters. The lowest BCUT2D eigenvalue weighted by molar-refractivity contribution is 0.658. The van der Waals surface area contributed by atoms with Gasteiger partial charge in [0.1, 0.15) is 0 Å². The van der Waals surface area contributed by atoms with Gasteiger partial charge in [0.25, 0.3) is 0 Å². The number of aromatic nitrogens is 2.